The van der Waals surface area contributed by atoms with Crippen molar-refractivity contribution in [2.75, 3.05) is 0 Å². The van der Waals surface area contributed by atoms with Gasteiger partial charge in [0.25, 0.3) is 18.8 Å². The molecule has 0 saturated heterocycles. The van der Waals surface area contributed by atoms with E-state index in [0.717, 1.165) is 22.3 Å². The van der Waals surface area contributed by atoms with Crippen LogP contribution in [-0.4, -0.2) is 0 Å². The molecule has 168 valence electrons. The van der Waals surface area contributed by atoms with Crippen molar-refractivity contribution in [1.29, 1.82) is 15.8 Å². The zero-order valence-electron chi connectivity index (χ0n) is 18.6. The van der Waals surface area contributed by atoms with E-state index in [9.17, 15) is 0 Å². The Morgan fingerprint density at radius 2 is 0.857 bits per heavy atom. The van der Waals surface area contributed by atoms with Crippen LogP contribution >= 0.6 is 0 Å². The molecule has 0 aliphatic rings. The van der Waals surface area contributed by atoms with Crippen LogP contribution in [0.5, 0.6) is 17.2 Å². The van der Waals surface area contributed by atoms with E-state index in [1.165, 1.54) is 0 Å². The van der Waals surface area contributed by atoms with Gasteiger partial charge in [0.15, 0.2) is 0 Å². The first-order valence-electron chi connectivity index (χ1n) is 10.7. The van der Waals surface area contributed by atoms with Crippen molar-refractivity contribution in [3.8, 4) is 36.0 Å². The first kappa shape index (κ1) is 22.9. The standard InChI is InChI=1S/C29H19N3O3/c30-19-33-26-12-6-22(7-13-26)18-29(23-4-2-1-3-5-23,24-8-14-27(15-9-24)34-20-31)25-10-16-28(17-11-25)35-21-32/h1-17H,18H2. The molecule has 6 heteroatoms. The van der Waals surface area contributed by atoms with E-state index < -0.39 is 5.41 Å². The summed E-state index contributed by atoms with van der Waals surface area (Å²) in [6.07, 6.45) is 5.68. The van der Waals surface area contributed by atoms with Gasteiger partial charge >= 0.3 is 0 Å². The topological polar surface area (TPSA) is 99.1 Å². The van der Waals surface area contributed by atoms with Crippen molar-refractivity contribution in [2.45, 2.75) is 11.8 Å². The number of hydrogen-bond donors (Lipinski definition) is 0. The molecule has 0 saturated carbocycles. The molecule has 0 fully saturated rings. The van der Waals surface area contributed by atoms with E-state index in [0.29, 0.717) is 23.7 Å². The molecule has 35 heavy (non-hydrogen) atoms. The van der Waals surface area contributed by atoms with Crippen molar-refractivity contribution in [3.63, 3.8) is 0 Å². The van der Waals surface area contributed by atoms with Crippen molar-refractivity contribution >= 4 is 0 Å². The van der Waals surface area contributed by atoms with E-state index in [-0.39, 0.29) is 0 Å². The lowest BCUT2D eigenvalue weighted by Gasteiger charge is -2.36. The van der Waals surface area contributed by atoms with Crippen LogP contribution in [0.15, 0.2) is 103 Å². The molecule has 0 atom stereocenters. The lowest BCUT2D eigenvalue weighted by Crippen LogP contribution is -2.32. The molecule has 0 amide bonds. The van der Waals surface area contributed by atoms with E-state index in [1.807, 2.05) is 54.6 Å². The summed E-state index contributed by atoms with van der Waals surface area (Å²) in [5.74, 6) is 1.38. The van der Waals surface area contributed by atoms with Gasteiger partial charge in [0, 0.05) is 5.41 Å². The maximum Gasteiger partial charge on any atom is 0.292 e. The van der Waals surface area contributed by atoms with Gasteiger partial charge < -0.3 is 14.2 Å². The molecule has 0 N–H and O–H groups in total. The van der Waals surface area contributed by atoms with Gasteiger partial charge in [-0.05, 0) is 65.1 Å². The minimum Gasteiger partial charge on any atom is -0.388 e. The molecule has 0 heterocycles. The van der Waals surface area contributed by atoms with Crippen LogP contribution in [0.4, 0.5) is 0 Å². The number of nitrogens with zero attached hydrogens (tertiary/aromatic N) is 3. The Morgan fingerprint density at radius 1 is 0.486 bits per heavy atom. The molecule has 4 rings (SSSR count). The number of benzene rings is 4. The molecule has 0 spiro atoms. The second-order valence-electron chi connectivity index (χ2n) is 7.72. The van der Waals surface area contributed by atoms with Crippen LogP contribution < -0.4 is 14.2 Å². The highest BCUT2D eigenvalue weighted by Crippen LogP contribution is 2.43. The SMILES string of the molecule is N#COc1ccc(CC(c2ccccc2)(c2ccc(OC#N)cc2)c2ccc(OC#N)cc2)cc1. The zero-order valence-corrected chi connectivity index (χ0v) is 18.6. The Bertz CT molecular complexity index is 1340. The fourth-order valence-electron chi connectivity index (χ4n) is 4.28. The highest BCUT2D eigenvalue weighted by atomic mass is 16.5. The maximum atomic E-state index is 8.89. The van der Waals surface area contributed by atoms with Crippen LogP contribution in [0.3, 0.4) is 0 Å². The second-order valence-corrected chi connectivity index (χ2v) is 7.72. The third-order valence-electron chi connectivity index (χ3n) is 5.84. The first-order chi connectivity index (χ1) is 17.2. The van der Waals surface area contributed by atoms with Crippen LogP contribution in [0.25, 0.3) is 0 Å². The Morgan fingerprint density at radius 3 is 1.26 bits per heavy atom. The summed E-state index contributed by atoms with van der Waals surface area (Å²) in [6, 6.07) is 32.4. The molecular weight excluding hydrogens is 438 g/mol. The molecule has 0 bridgehead atoms. The zero-order chi connectivity index (χ0) is 24.5. The third-order valence-corrected chi connectivity index (χ3v) is 5.84. The summed E-state index contributed by atoms with van der Waals surface area (Å²) in [7, 11) is 0. The molecule has 6 nitrogen and oxygen atoms in total. The lowest BCUT2D eigenvalue weighted by atomic mass is 9.66. The molecule has 4 aromatic carbocycles. The van der Waals surface area contributed by atoms with Crippen LogP contribution in [-0.2, 0) is 11.8 Å². The molecule has 0 aromatic heterocycles. The third kappa shape index (κ3) is 4.91. The fraction of sp³-hybridized carbons (Fsp3) is 0.0690. The predicted molar refractivity (Wildman–Crippen MR) is 128 cm³/mol. The van der Waals surface area contributed by atoms with Crippen molar-refractivity contribution in [3.05, 3.63) is 125 Å². The molecule has 0 unspecified atom stereocenters. The van der Waals surface area contributed by atoms with Gasteiger partial charge in [0.1, 0.15) is 17.2 Å². The van der Waals surface area contributed by atoms with Gasteiger partial charge in [-0.1, -0.05) is 66.7 Å². The van der Waals surface area contributed by atoms with Crippen LogP contribution in [0, 0.1) is 34.6 Å². The van der Waals surface area contributed by atoms with Crippen molar-refractivity contribution in [1.82, 2.24) is 0 Å². The average Bonchev–Trinajstić information content (AvgIpc) is 2.90. The monoisotopic (exact) mass is 457 g/mol. The molecule has 0 aliphatic carbocycles. The van der Waals surface area contributed by atoms with E-state index >= 15 is 0 Å². The normalized spacial score (nSPS) is 10.3. The highest BCUT2D eigenvalue weighted by Gasteiger charge is 2.36. The molecule has 4 aromatic rings. The number of rotatable bonds is 8. The Kier molecular flexibility index (Phi) is 6.93. The van der Waals surface area contributed by atoms with Gasteiger partial charge in [-0.2, -0.15) is 0 Å². The van der Waals surface area contributed by atoms with E-state index in [4.69, 9.17) is 30.0 Å². The lowest BCUT2D eigenvalue weighted by molar-refractivity contribution is 0.504. The van der Waals surface area contributed by atoms with E-state index in [2.05, 4.69) is 12.1 Å². The maximum absolute atomic E-state index is 8.89. The van der Waals surface area contributed by atoms with Gasteiger partial charge in [0.2, 0.25) is 0 Å². The van der Waals surface area contributed by atoms with Gasteiger partial charge in [-0.25, -0.2) is 0 Å². The fourth-order valence-corrected chi connectivity index (χ4v) is 4.28. The molecule has 0 aliphatic heterocycles. The summed E-state index contributed by atoms with van der Waals surface area (Å²) in [4.78, 5) is 0. The predicted octanol–water partition coefficient (Wildman–Crippen LogP) is 5.84. The number of nitriles is 3. The number of hydrogen-bond acceptors (Lipinski definition) is 6. The second kappa shape index (κ2) is 10.6. The Hall–Kier alpha value is -5.25. The minimum atomic E-state index is -0.630. The summed E-state index contributed by atoms with van der Waals surface area (Å²) in [5.41, 5.74) is 3.42. The van der Waals surface area contributed by atoms with E-state index in [1.54, 1.807) is 55.2 Å². The van der Waals surface area contributed by atoms with Crippen LogP contribution in [0.2, 0.25) is 0 Å². The largest absolute Gasteiger partial charge is 0.388 e. The van der Waals surface area contributed by atoms with Gasteiger partial charge in [-0.3, -0.25) is 0 Å². The quantitative estimate of drug-likeness (QED) is 0.243. The van der Waals surface area contributed by atoms with Crippen molar-refractivity contribution in [2.24, 2.45) is 0 Å². The summed E-state index contributed by atoms with van der Waals surface area (Å²) in [5, 5.41) is 26.6. The summed E-state index contributed by atoms with van der Waals surface area (Å²) in [6.45, 7) is 0. The Balaban J connectivity index is 1.92. The smallest absolute Gasteiger partial charge is 0.292 e. The van der Waals surface area contributed by atoms with Crippen molar-refractivity contribution < 1.29 is 14.2 Å². The summed E-state index contributed by atoms with van der Waals surface area (Å²) < 4.78 is 14.9. The molecular formula is C29H19N3O3. The summed E-state index contributed by atoms with van der Waals surface area (Å²) >= 11 is 0. The highest BCUT2D eigenvalue weighted by molar-refractivity contribution is 5.54. The Labute approximate surface area is 203 Å². The van der Waals surface area contributed by atoms with Gasteiger partial charge in [-0.15, -0.1) is 15.8 Å². The van der Waals surface area contributed by atoms with Gasteiger partial charge in [0.05, 0.1) is 0 Å². The van der Waals surface area contributed by atoms with Crippen LogP contribution in [0.1, 0.15) is 22.3 Å². The molecule has 0 radical (unpaired) electrons. The number of ether oxygens (including phenoxy) is 3. The first-order valence-corrected chi connectivity index (χ1v) is 10.7. The average molecular weight is 457 g/mol. The minimum absolute atomic E-state index is 0.453.